The van der Waals surface area contributed by atoms with Gasteiger partial charge in [-0.15, -0.1) is 0 Å². The van der Waals surface area contributed by atoms with E-state index in [1.807, 2.05) is 27.8 Å². The molecule has 0 unspecified atom stereocenters. The van der Waals surface area contributed by atoms with E-state index in [4.69, 9.17) is 4.42 Å². The van der Waals surface area contributed by atoms with E-state index >= 15 is 0 Å². The number of carbonyl (C=O) groups excluding carboxylic acids is 1. The Morgan fingerprint density at radius 2 is 2.07 bits per heavy atom. The van der Waals surface area contributed by atoms with Crippen molar-refractivity contribution < 1.29 is 9.21 Å². The average Bonchev–Trinajstić information content (AvgIpc) is 2.56. The van der Waals surface area contributed by atoms with Crippen LogP contribution in [0.2, 0.25) is 0 Å². The Bertz CT molecular complexity index is 390. The van der Waals surface area contributed by atoms with Gasteiger partial charge in [0.1, 0.15) is 11.5 Å². The SMILES string of the molecule is Cc1oc(C(C)C)c2c1CN(C)C2=O. The Labute approximate surface area is 83.7 Å². The molecule has 2 rings (SSSR count). The van der Waals surface area contributed by atoms with Crippen LogP contribution < -0.4 is 0 Å². The van der Waals surface area contributed by atoms with Crippen LogP contribution in [0.15, 0.2) is 4.42 Å². The smallest absolute Gasteiger partial charge is 0.257 e. The van der Waals surface area contributed by atoms with E-state index in [9.17, 15) is 4.79 Å². The molecule has 1 aromatic rings. The summed E-state index contributed by atoms with van der Waals surface area (Å²) in [5.41, 5.74) is 1.88. The van der Waals surface area contributed by atoms with Gasteiger partial charge in [-0.1, -0.05) is 13.8 Å². The summed E-state index contributed by atoms with van der Waals surface area (Å²) < 4.78 is 5.62. The zero-order valence-electron chi connectivity index (χ0n) is 9.05. The van der Waals surface area contributed by atoms with Crippen LogP contribution in [0, 0.1) is 6.92 Å². The molecule has 0 aliphatic carbocycles. The predicted octanol–water partition coefficient (Wildman–Crippen LogP) is 2.30. The summed E-state index contributed by atoms with van der Waals surface area (Å²) in [6, 6.07) is 0. The summed E-state index contributed by atoms with van der Waals surface area (Å²) in [5.74, 6) is 2.10. The summed E-state index contributed by atoms with van der Waals surface area (Å²) in [6.07, 6.45) is 0. The molecular formula is C11H15NO2. The summed E-state index contributed by atoms with van der Waals surface area (Å²) >= 11 is 0. The molecule has 1 amide bonds. The van der Waals surface area contributed by atoms with Crippen molar-refractivity contribution in [1.82, 2.24) is 4.90 Å². The first-order valence-electron chi connectivity index (χ1n) is 4.90. The van der Waals surface area contributed by atoms with E-state index in [1.54, 1.807) is 4.90 Å². The summed E-state index contributed by atoms with van der Waals surface area (Å²) in [6.45, 7) is 6.71. The summed E-state index contributed by atoms with van der Waals surface area (Å²) in [5, 5.41) is 0. The molecule has 3 nitrogen and oxygen atoms in total. The van der Waals surface area contributed by atoms with Crippen LogP contribution in [0.25, 0.3) is 0 Å². The number of fused-ring (bicyclic) bond motifs is 1. The fourth-order valence-corrected chi connectivity index (χ4v) is 1.93. The largest absolute Gasteiger partial charge is 0.465 e. The van der Waals surface area contributed by atoms with Gasteiger partial charge in [0.2, 0.25) is 0 Å². The highest BCUT2D eigenvalue weighted by atomic mass is 16.3. The van der Waals surface area contributed by atoms with Crippen LogP contribution in [0.3, 0.4) is 0 Å². The number of nitrogens with zero attached hydrogens (tertiary/aromatic N) is 1. The van der Waals surface area contributed by atoms with Crippen LogP contribution >= 0.6 is 0 Å². The predicted molar refractivity (Wildman–Crippen MR) is 53.3 cm³/mol. The number of carbonyl (C=O) groups is 1. The molecule has 0 aromatic carbocycles. The first-order valence-corrected chi connectivity index (χ1v) is 4.90. The van der Waals surface area contributed by atoms with Crippen LogP contribution in [-0.2, 0) is 6.54 Å². The lowest BCUT2D eigenvalue weighted by molar-refractivity contribution is 0.0811. The van der Waals surface area contributed by atoms with Crippen molar-refractivity contribution in [3.8, 4) is 0 Å². The maximum Gasteiger partial charge on any atom is 0.257 e. The molecule has 0 N–H and O–H groups in total. The minimum absolute atomic E-state index is 0.0977. The number of rotatable bonds is 1. The van der Waals surface area contributed by atoms with Crippen molar-refractivity contribution in [1.29, 1.82) is 0 Å². The van der Waals surface area contributed by atoms with Gasteiger partial charge in [0.05, 0.1) is 5.56 Å². The third-order valence-corrected chi connectivity index (χ3v) is 2.72. The second kappa shape index (κ2) is 2.87. The Morgan fingerprint density at radius 1 is 1.43 bits per heavy atom. The van der Waals surface area contributed by atoms with E-state index < -0.39 is 0 Å². The average molecular weight is 193 g/mol. The standard InChI is InChI=1S/C11H15NO2/c1-6(2)10-9-8(7(3)14-10)5-12(4)11(9)13/h6H,5H2,1-4H3. The van der Waals surface area contributed by atoms with Gasteiger partial charge in [0, 0.05) is 25.1 Å². The van der Waals surface area contributed by atoms with Gasteiger partial charge in [-0.25, -0.2) is 0 Å². The highest BCUT2D eigenvalue weighted by molar-refractivity contribution is 5.99. The molecule has 0 saturated carbocycles. The summed E-state index contributed by atoms with van der Waals surface area (Å²) in [7, 11) is 1.83. The lowest BCUT2D eigenvalue weighted by atomic mass is 10.0. The van der Waals surface area contributed by atoms with Gasteiger partial charge < -0.3 is 9.32 Å². The molecule has 0 saturated heterocycles. The van der Waals surface area contributed by atoms with E-state index in [2.05, 4.69) is 0 Å². The molecule has 76 valence electrons. The first kappa shape index (κ1) is 9.31. The van der Waals surface area contributed by atoms with Crippen LogP contribution in [-0.4, -0.2) is 17.9 Å². The van der Waals surface area contributed by atoms with Gasteiger partial charge in [-0.3, -0.25) is 4.79 Å². The highest BCUT2D eigenvalue weighted by Crippen LogP contribution is 2.34. The number of hydrogen-bond donors (Lipinski definition) is 0. The minimum Gasteiger partial charge on any atom is -0.465 e. The Kier molecular flexibility index (Phi) is 1.91. The summed E-state index contributed by atoms with van der Waals surface area (Å²) in [4.78, 5) is 13.5. The fourth-order valence-electron chi connectivity index (χ4n) is 1.93. The topological polar surface area (TPSA) is 33.5 Å². The van der Waals surface area contributed by atoms with Gasteiger partial charge in [-0.05, 0) is 6.92 Å². The van der Waals surface area contributed by atoms with Crippen molar-refractivity contribution in [2.45, 2.75) is 33.2 Å². The van der Waals surface area contributed by atoms with E-state index in [0.717, 1.165) is 22.6 Å². The number of aryl methyl sites for hydroxylation is 1. The molecule has 0 fully saturated rings. The van der Waals surface area contributed by atoms with Gasteiger partial charge >= 0.3 is 0 Å². The molecule has 3 heteroatoms. The lowest BCUT2D eigenvalue weighted by Gasteiger charge is -2.08. The second-order valence-electron chi connectivity index (χ2n) is 4.19. The molecule has 1 aromatic heterocycles. The van der Waals surface area contributed by atoms with Crippen LogP contribution in [0.4, 0.5) is 0 Å². The Balaban J connectivity index is 2.59. The molecule has 0 radical (unpaired) electrons. The Hall–Kier alpha value is -1.25. The molecule has 0 spiro atoms. The zero-order valence-corrected chi connectivity index (χ0v) is 9.05. The minimum atomic E-state index is 0.0977. The normalized spacial score (nSPS) is 15.5. The lowest BCUT2D eigenvalue weighted by Crippen LogP contribution is -2.18. The third kappa shape index (κ3) is 1.08. The van der Waals surface area contributed by atoms with Gasteiger partial charge in [-0.2, -0.15) is 0 Å². The first-order chi connectivity index (χ1) is 6.52. The maximum atomic E-state index is 11.8. The number of furan rings is 1. The molecule has 2 heterocycles. The van der Waals surface area contributed by atoms with Crippen molar-refractivity contribution >= 4 is 5.91 Å². The highest BCUT2D eigenvalue weighted by Gasteiger charge is 2.33. The van der Waals surface area contributed by atoms with Gasteiger partial charge in [0.15, 0.2) is 0 Å². The quantitative estimate of drug-likeness (QED) is 0.685. The van der Waals surface area contributed by atoms with Crippen LogP contribution in [0.5, 0.6) is 0 Å². The van der Waals surface area contributed by atoms with Crippen molar-refractivity contribution in [3.05, 3.63) is 22.6 Å². The monoisotopic (exact) mass is 193 g/mol. The molecule has 14 heavy (non-hydrogen) atoms. The molecule has 1 aliphatic heterocycles. The van der Waals surface area contributed by atoms with E-state index in [1.165, 1.54) is 0 Å². The Morgan fingerprint density at radius 3 is 2.64 bits per heavy atom. The second-order valence-corrected chi connectivity index (χ2v) is 4.19. The number of hydrogen-bond acceptors (Lipinski definition) is 2. The molecule has 0 bridgehead atoms. The fraction of sp³-hybridized carbons (Fsp3) is 0.545. The van der Waals surface area contributed by atoms with Crippen molar-refractivity contribution in [2.75, 3.05) is 7.05 Å². The molecule has 0 atom stereocenters. The van der Waals surface area contributed by atoms with E-state index in [0.29, 0.717) is 6.54 Å². The molecule has 1 aliphatic rings. The van der Waals surface area contributed by atoms with Crippen LogP contribution in [0.1, 0.15) is 47.2 Å². The maximum absolute atomic E-state index is 11.8. The van der Waals surface area contributed by atoms with Crippen molar-refractivity contribution in [2.24, 2.45) is 0 Å². The molecular weight excluding hydrogens is 178 g/mol. The van der Waals surface area contributed by atoms with Crippen molar-refractivity contribution in [3.63, 3.8) is 0 Å². The third-order valence-electron chi connectivity index (χ3n) is 2.72. The number of amides is 1. The van der Waals surface area contributed by atoms with Gasteiger partial charge in [0.25, 0.3) is 5.91 Å². The van der Waals surface area contributed by atoms with E-state index in [-0.39, 0.29) is 11.8 Å². The zero-order chi connectivity index (χ0) is 10.5.